The molecule has 11 nitrogen and oxygen atoms in total. The smallest absolute Gasteiger partial charge is 0.433 e. The third-order valence-corrected chi connectivity index (χ3v) is 7.45. The fraction of sp³-hybridized carbons (Fsp3) is 0.433. The summed E-state index contributed by atoms with van der Waals surface area (Å²) in [5, 5.41) is 18.0. The van der Waals surface area contributed by atoms with Gasteiger partial charge in [0.2, 0.25) is 5.95 Å². The molecule has 0 saturated carbocycles. The van der Waals surface area contributed by atoms with Crippen LogP contribution in [0.1, 0.15) is 60.3 Å². The normalized spacial score (nSPS) is 16.5. The fourth-order valence-corrected chi connectivity index (χ4v) is 5.24. The van der Waals surface area contributed by atoms with Crippen molar-refractivity contribution < 1.29 is 68.8 Å². The Kier molecular flexibility index (Phi) is 11.3. The molecule has 1 unspecified atom stereocenters. The zero-order chi connectivity index (χ0) is 37.0. The second-order valence-corrected chi connectivity index (χ2v) is 10.9. The molecular weight excluding hydrogens is 697 g/mol. The second kappa shape index (κ2) is 14.9. The van der Waals surface area contributed by atoms with E-state index in [1.165, 1.54) is 0 Å². The van der Waals surface area contributed by atoms with E-state index in [0.717, 1.165) is 28.3 Å². The molecule has 0 spiro atoms. The van der Waals surface area contributed by atoms with Gasteiger partial charge in [0.05, 0.1) is 54.0 Å². The summed E-state index contributed by atoms with van der Waals surface area (Å²) < 4.78 is 135. The Labute approximate surface area is 277 Å². The number of hydrogen-bond acceptors (Lipinski definition) is 9. The Morgan fingerprint density at radius 1 is 0.940 bits per heavy atom. The number of fused-ring (bicyclic) bond motifs is 1. The zero-order valence-corrected chi connectivity index (χ0v) is 25.8. The molecule has 50 heavy (non-hydrogen) atoms. The van der Waals surface area contributed by atoms with Crippen molar-refractivity contribution in [3.63, 3.8) is 0 Å². The van der Waals surface area contributed by atoms with Crippen LogP contribution in [-0.2, 0) is 34.6 Å². The number of hydrogen-bond donors (Lipinski definition) is 2. The molecule has 2 N–H and O–H groups in total. The van der Waals surface area contributed by atoms with Gasteiger partial charge in [-0.3, -0.25) is 9.69 Å². The number of carbonyl (C=O) groups is 2. The summed E-state index contributed by atoms with van der Waals surface area (Å²) in [6.45, 7) is -0.391. The maximum Gasteiger partial charge on any atom is 0.433 e. The Morgan fingerprint density at radius 3 is 2.08 bits per heavy atom. The average molecular weight is 726 g/mol. The van der Waals surface area contributed by atoms with Crippen LogP contribution in [0, 0.1) is 0 Å². The van der Waals surface area contributed by atoms with Crippen LogP contribution in [0.5, 0.6) is 5.75 Å². The minimum atomic E-state index is -5.21. The first kappa shape index (κ1) is 37.9. The van der Waals surface area contributed by atoms with E-state index in [4.69, 9.17) is 19.7 Å². The molecule has 3 aromatic rings. The van der Waals surface area contributed by atoms with Crippen molar-refractivity contribution in [1.29, 1.82) is 0 Å². The maximum absolute atomic E-state index is 13.9. The van der Waals surface area contributed by atoms with Crippen LogP contribution < -0.4 is 14.5 Å². The second-order valence-electron chi connectivity index (χ2n) is 10.9. The van der Waals surface area contributed by atoms with Crippen molar-refractivity contribution in [3.8, 4) is 5.75 Å². The molecule has 0 aliphatic carbocycles. The third kappa shape index (κ3) is 9.01. The maximum atomic E-state index is 13.9. The number of carboxylic acids is 1. The van der Waals surface area contributed by atoms with Gasteiger partial charge in [0, 0.05) is 12.6 Å². The number of anilines is 2. The van der Waals surface area contributed by atoms with E-state index in [9.17, 15) is 49.1 Å². The van der Waals surface area contributed by atoms with E-state index in [1.807, 2.05) is 0 Å². The molecule has 0 radical (unpaired) electrons. The quantitative estimate of drug-likeness (QED) is 0.207. The molecule has 20 heteroatoms. The Hall–Kier alpha value is -4.88. The van der Waals surface area contributed by atoms with Crippen LogP contribution in [-0.4, -0.2) is 63.1 Å². The Balaban J connectivity index is 1.92. The number of halogens is 9. The minimum absolute atomic E-state index is 0.00409. The summed E-state index contributed by atoms with van der Waals surface area (Å²) in [6.07, 6.45) is -15.2. The highest BCUT2D eigenvalue weighted by molar-refractivity contribution is 5.90. The van der Waals surface area contributed by atoms with Crippen molar-refractivity contribution in [2.24, 2.45) is 0 Å². The molecular formula is C30H28F9N5O6. The number of rotatable bonds is 11. The van der Waals surface area contributed by atoms with Gasteiger partial charge in [0.25, 0.3) is 0 Å². The van der Waals surface area contributed by atoms with Crippen molar-refractivity contribution in [1.82, 2.24) is 15.0 Å². The van der Waals surface area contributed by atoms with Gasteiger partial charge < -0.3 is 24.6 Å². The van der Waals surface area contributed by atoms with Crippen molar-refractivity contribution in [2.45, 2.75) is 63.3 Å². The number of aliphatic carboxylic acids is 1. The highest BCUT2D eigenvalue weighted by Gasteiger charge is 2.44. The number of aromatic nitrogens is 3. The zero-order valence-electron chi connectivity index (χ0n) is 25.8. The van der Waals surface area contributed by atoms with E-state index in [-0.39, 0.29) is 42.9 Å². The highest BCUT2D eigenvalue weighted by Crippen LogP contribution is 2.45. The first-order valence-corrected chi connectivity index (χ1v) is 14.7. The molecule has 1 amide bonds. The molecule has 3 heterocycles. The number of aliphatic hydroxyl groups excluding tert-OH is 1. The van der Waals surface area contributed by atoms with Gasteiger partial charge in [-0.25, -0.2) is 19.7 Å². The fourth-order valence-electron chi connectivity index (χ4n) is 5.24. The summed E-state index contributed by atoms with van der Waals surface area (Å²) >= 11 is 0. The first-order chi connectivity index (χ1) is 23.3. The van der Waals surface area contributed by atoms with Gasteiger partial charge >= 0.3 is 30.6 Å². The van der Waals surface area contributed by atoms with E-state index in [2.05, 4.69) is 15.0 Å². The summed E-state index contributed by atoms with van der Waals surface area (Å²) in [5.74, 6) is -1.66. The molecule has 2 aromatic heterocycles. The largest absolute Gasteiger partial charge is 0.488 e. The summed E-state index contributed by atoms with van der Waals surface area (Å²) in [5.41, 5.74) is -5.98. The van der Waals surface area contributed by atoms with Crippen LogP contribution in [0.4, 0.5) is 55.9 Å². The van der Waals surface area contributed by atoms with E-state index < -0.39 is 96.9 Å². The number of benzene rings is 1. The number of carboxylic acid groups (broad SMARTS) is 1. The number of aliphatic hydroxyl groups is 1. The molecule has 0 fully saturated rings. The van der Waals surface area contributed by atoms with Gasteiger partial charge in [0.1, 0.15) is 18.9 Å². The lowest BCUT2D eigenvalue weighted by atomic mass is 9.91. The average Bonchev–Trinajstić information content (AvgIpc) is 3.04. The van der Waals surface area contributed by atoms with Crippen LogP contribution in [0.15, 0.2) is 42.7 Å². The predicted molar refractivity (Wildman–Crippen MR) is 154 cm³/mol. The molecule has 4 rings (SSSR count). The first-order valence-electron chi connectivity index (χ1n) is 14.7. The van der Waals surface area contributed by atoms with Gasteiger partial charge in [-0.2, -0.15) is 39.5 Å². The molecule has 2 atom stereocenters. The minimum Gasteiger partial charge on any atom is -0.488 e. The van der Waals surface area contributed by atoms with Crippen LogP contribution >= 0.6 is 0 Å². The van der Waals surface area contributed by atoms with Crippen LogP contribution in [0.3, 0.4) is 0 Å². The van der Waals surface area contributed by atoms with Gasteiger partial charge in [0.15, 0.2) is 5.75 Å². The Morgan fingerprint density at radius 2 is 1.56 bits per heavy atom. The molecule has 0 saturated heterocycles. The van der Waals surface area contributed by atoms with E-state index in [1.54, 1.807) is 6.92 Å². The molecule has 0 bridgehead atoms. The number of carbonyl (C=O) groups excluding carboxylic acids is 1. The molecule has 1 aliphatic rings. The number of pyridine rings is 1. The Bertz CT molecular complexity index is 1640. The lowest BCUT2D eigenvalue weighted by Crippen LogP contribution is -2.48. The molecule has 1 aromatic carbocycles. The van der Waals surface area contributed by atoms with Gasteiger partial charge in [-0.15, -0.1) is 0 Å². The lowest BCUT2D eigenvalue weighted by molar-refractivity contribution is -0.143. The number of amides is 1. The van der Waals surface area contributed by atoms with Crippen LogP contribution in [0.2, 0.25) is 0 Å². The van der Waals surface area contributed by atoms with E-state index in [0.29, 0.717) is 18.2 Å². The summed E-state index contributed by atoms with van der Waals surface area (Å²) in [6, 6.07) is 0.00314. The predicted octanol–water partition coefficient (Wildman–Crippen LogP) is 6.65. The lowest BCUT2D eigenvalue weighted by Gasteiger charge is -2.43. The summed E-state index contributed by atoms with van der Waals surface area (Å²) in [4.78, 5) is 38.1. The van der Waals surface area contributed by atoms with Gasteiger partial charge in [-0.1, -0.05) is 6.92 Å². The topological polar surface area (TPSA) is 138 Å². The van der Waals surface area contributed by atoms with Crippen molar-refractivity contribution >= 4 is 23.7 Å². The number of nitrogens with zero attached hydrogens (tertiary/aromatic N) is 5. The molecule has 272 valence electrons. The standard InChI is InChI=1S/C30H28F9N5O6/c1-2-19-12-22(25-21(3-4-23(42-25)30(37,38)39)44(19)27(48)50-7-5-24(46)47)43(26-40-13-20(14-41-26)49-8-6-45)15-16-9-17(28(31,32)33)11-18(10-16)29(34,35)36/h3-4,9-11,13-14,19,22,45H,2,5-8,12,15H2,1H3,(H,46,47)/t19-,22?/m1/s1. The van der Waals surface area contributed by atoms with Crippen molar-refractivity contribution in [3.05, 3.63) is 70.8 Å². The number of ether oxygens (including phenoxy) is 2. The van der Waals surface area contributed by atoms with E-state index >= 15 is 0 Å². The van der Waals surface area contributed by atoms with Crippen molar-refractivity contribution in [2.75, 3.05) is 29.6 Å². The SMILES string of the molecule is CC[C@@H]1CC(N(Cc2cc(C(F)(F)F)cc(C(F)(F)F)c2)c2ncc(OCCO)cn2)c2nc(C(F)(F)F)ccc2N1C(=O)OCCC(=O)O. The highest BCUT2D eigenvalue weighted by atomic mass is 19.4. The number of alkyl halides is 9. The summed E-state index contributed by atoms with van der Waals surface area (Å²) in [7, 11) is 0. The molecule has 1 aliphatic heterocycles. The van der Waals surface area contributed by atoms with Gasteiger partial charge in [-0.05, 0) is 48.7 Å². The third-order valence-electron chi connectivity index (χ3n) is 7.45. The van der Waals surface area contributed by atoms with Crippen LogP contribution in [0.25, 0.3) is 0 Å². The monoisotopic (exact) mass is 725 g/mol.